The molecular weight excluding hydrogens is 332 g/mol. The highest BCUT2D eigenvalue weighted by atomic mass is 16.6. The quantitative estimate of drug-likeness (QED) is 0.149. The van der Waals surface area contributed by atoms with E-state index >= 15 is 0 Å². The summed E-state index contributed by atoms with van der Waals surface area (Å²) in [6, 6.07) is 0. The van der Waals surface area contributed by atoms with Crippen LogP contribution in [0.4, 0.5) is 0 Å². The normalized spacial score (nSPS) is 37.2. The Kier molecular flexibility index (Phi) is 7.34. The zero-order valence-electron chi connectivity index (χ0n) is 12.7. The van der Waals surface area contributed by atoms with Gasteiger partial charge in [0.1, 0.15) is 17.8 Å². The summed E-state index contributed by atoms with van der Waals surface area (Å²) in [6.07, 6.45) is -9.63. The van der Waals surface area contributed by atoms with E-state index in [1.807, 2.05) is 0 Å². The molecule has 3 unspecified atom stereocenters. The van der Waals surface area contributed by atoms with Crippen molar-refractivity contribution in [1.29, 1.82) is 0 Å². The van der Waals surface area contributed by atoms with Crippen molar-refractivity contribution in [2.24, 2.45) is 5.92 Å². The Morgan fingerprint density at radius 1 is 1.00 bits per heavy atom. The number of ether oxygens (including phenoxy) is 1. The van der Waals surface area contributed by atoms with Gasteiger partial charge in [-0.2, -0.15) is 0 Å². The van der Waals surface area contributed by atoms with Gasteiger partial charge in [0.05, 0.1) is 25.4 Å². The summed E-state index contributed by atoms with van der Waals surface area (Å²) in [7, 11) is 0. The van der Waals surface area contributed by atoms with Crippen molar-refractivity contribution in [2.45, 2.75) is 42.7 Å². The number of aliphatic hydroxyl groups excluding tert-OH is 9. The fourth-order valence-electron chi connectivity index (χ4n) is 2.58. The molecule has 142 valence electrons. The molecule has 0 aromatic heterocycles. The van der Waals surface area contributed by atoms with Crippen LogP contribution in [0, 0.1) is 5.92 Å². The first kappa shape index (κ1) is 21.0. The molecule has 0 saturated heterocycles. The fourth-order valence-corrected chi connectivity index (χ4v) is 2.58. The van der Waals surface area contributed by atoms with Crippen molar-refractivity contribution >= 4 is 0 Å². The Morgan fingerprint density at radius 2 is 1.58 bits per heavy atom. The van der Waals surface area contributed by atoms with E-state index in [1.165, 1.54) is 0 Å². The fraction of sp³-hybridized carbons (Fsp3) is 0.846. The molecule has 1 aliphatic rings. The molecule has 0 amide bonds. The molecule has 0 spiro atoms. The molecule has 24 heavy (non-hydrogen) atoms. The molecule has 10 N–H and O–H groups in total. The van der Waals surface area contributed by atoms with E-state index < -0.39 is 73.6 Å². The summed E-state index contributed by atoms with van der Waals surface area (Å²) < 4.78 is 4.88. The highest BCUT2D eigenvalue weighted by Crippen LogP contribution is 2.38. The van der Waals surface area contributed by atoms with Crippen LogP contribution in [0.3, 0.4) is 0 Å². The zero-order chi connectivity index (χ0) is 18.7. The molecule has 0 bridgehead atoms. The minimum Gasteiger partial charge on any atom is -0.506 e. The van der Waals surface area contributed by atoms with Crippen molar-refractivity contribution in [3.63, 3.8) is 0 Å². The van der Waals surface area contributed by atoms with Crippen molar-refractivity contribution in [2.75, 3.05) is 19.8 Å². The molecule has 0 aromatic rings. The average Bonchev–Trinajstić information content (AvgIpc) is 2.75. The minimum absolute atomic E-state index is 0.336. The van der Waals surface area contributed by atoms with Crippen LogP contribution in [0.1, 0.15) is 6.42 Å². The molecule has 1 aliphatic carbocycles. The first-order chi connectivity index (χ1) is 11.1. The molecule has 1 fully saturated rings. The van der Waals surface area contributed by atoms with E-state index in [0.29, 0.717) is 0 Å². The van der Waals surface area contributed by atoms with Crippen LogP contribution in [0.5, 0.6) is 0 Å². The molecule has 11 nitrogen and oxygen atoms in total. The predicted octanol–water partition coefficient (Wildman–Crippen LogP) is -4.17. The van der Waals surface area contributed by atoms with Gasteiger partial charge in [0, 0.05) is 18.9 Å². The largest absolute Gasteiger partial charge is 0.506 e. The van der Waals surface area contributed by atoms with Crippen molar-refractivity contribution in [1.82, 2.24) is 0 Å². The van der Waals surface area contributed by atoms with Gasteiger partial charge in [0.2, 0.25) is 6.29 Å². The third kappa shape index (κ3) is 3.79. The van der Waals surface area contributed by atoms with Crippen LogP contribution >= 0.6 is 0 Å². The Morgan fingerprint density at radius 3 is 2.04 bits per heavy atom. The first-order valence-corrected chi connectivity index (χ1v) is 7.20. The highest BCUT2D eigenvalue weighted by molar-refractivity contribution is 5.11. The molecule has 0 aromatic carbocycles. The van der Waals surface area contributed by atoms with E-state index in [1.54, 1.807) is 0 Å². The van der Waals surface area contributed by atoms with E-state index in [-0.39, 0.29) is 6.42 Å². The minimum atomic E-state index is -2.42. The van der Waals surface area contributed by atoms with Crippen LogP contribution < -0.4 is 0 Å². The zero-order valence-corrected chi connectivity index (χ0v) is 12.7. The smallest absolute Gasteiger partial charge is 0.217 e. The van der Waals surface area contributed by atoms with E-state index in [2.05, 4.69) is 0 Å². The predicted molar refractivity (Wildman–Crippen MR) is 75.5 cm³/mol. The summed E-state index contributed by atoms with van der Waals surface area (Å²) in [5.41, 5.74) is -2.42. The lowest BCUT2D eigenvalue weighted by molar-refractivity contribution is -0.189. The maximum absolute atomic E-state index is 10.0. The lowest BCUT2D eigenvalue weighted by Crippen LogP contribution is -2.52. The van der Waals surface area contributed by atoms with E-state index in [0.717, 1.165) is 0 Å². The maximum Gasteiger partial charge on any atom is 0.217 e. The molecule has 0 aliphatic heterocycles. The molecule has 1 saturated carbocycles. The third-order valence-corrected chi connectivity index (χ3v) is 4.13. The molecule has 11 heteroatoms. The van der Waals surface area contributed by atoms with Gasteiger partial charge in [-0.05, 0) is 0 Å². The second kappa shape index (κ2) is 8.38. The molecule has 1 rings (SSSR count). The Hall–Kier alpha value is -1.02. The van der Waals surface area contributed by atoms with Crippen LogP contribution in [-0.2, 0) is 4.74 Å². The second-order valence-electron chi connectivity index (χ2n) is 5.64. The van der Waals surface area contributed by atoms with E-state index in [4.69, 9.17) is 14.9 Å². The first-order valence-electron chi connectivity index (χ1n) is 7.20. The van der Waals surface area contributed by atoms with Gasteiger partial charge in [-0.3, -0.25) is 0 Å². The molecular formula is C13H24O11. The third-order valence-electron chi connectivity index (χ3n) is 4.13. The van der Waals surface area contributed by atoms with Gasteiger partial charge in [-0.15, -0.1) is 0 Å². The molecule has 7 atom stereocenters. The monoisotopic (exact) mass is 356 g/mol. The summed E-state index contributed by atoms with van der Waals surface area (Å²) in [5.74, 6) is -3.61. The van der Waals surface area contributed by atoms with Gasteiger partial charge in [-0.25, -0.2) is 0 Å². The van der Waals surface area contributed by atoms with E-state index in [9.17, 15) is 40.9 Å². The standard InChI is InChI=1S/C13H24O11/c14-2-1-6(17)7(18)8(19)12(22)24-9-5(3-15)10(20)13(23,4-16)11(9)21/h5-6,9-12,14-23H,1-4H2/b8-7-/t5-,6-,9?,10?,11?,12-,13-/m1/s1. The number of hydrogen-bond acceptors (Lipinski definition) is 11. The summed E-state index contributed by atoms with van der Waals surface area (Å²) >= 11 is 0. The Bertz CT molecular complexity index is 440. The van der Waals surface area contributed by atoms with Crippen molar-refractivity contribution in [3.05, 3.63) is 11.5 Å². The Labute approximate surface area is 136 Å². The van der Waals surface area contributed by atoms with Crippen LogP contribution in [-0.4, -0.2) is 107 Å². The average molecular weight is 356 g/mol. The van der Waals surface area contributed by atoms with Crippen LogP contribution in [0.2, 0.25) is 0 Å². The lowest BCUT2D eigenvalue weighted by atomic mass is 9.96. The van der Waals surface area contributed by atoms with Crippen LogP contribution in [0.15, 0.2) is 11.5 Å². The number of rotatable bonds is 8. The Balaban J connectivity index is 2.96. The van der Waals surface area contributed by atoms with Crippen molar-refractivity contribution < 1.29 is 55.8 Å². The summed E-state index contributed by atoms with van der Waals surface area (Å²) in [6.45, 7) is -2.37. The summed E-state index contributed by atoms with van der Waals surface area (Å²) in [5, 5.41) is 95.2. The summed E-state index contributed by atoms with van der Waals surface area (Å²) in [4.78, 5) is 0. The highest BCUT2D eigenvalue weighted by Gasteiger charge is 2.60. The van der Waals surface area contributed by atoms with Crippen molar-refractivity contribution in [3.8, 4) is 0 Å². The SMILES string of the molecule is OCC[C@@H](O)/C(O)=C(/O)[C@H](O)OC1C(O)[C@@](O)(CO)C(O)[C@@H]1CO. The lowest BCUT2D eigenvalue weighted by Gasteiger charge is -2.28. The second-order valence-corrected chi connectivity index (χ2v) is 5.64. The van der Waals surface area contributed by atoms with Gasteiger partial charge in [0.25, 0.3) is 0 Å². The number of aliphatic hydroxyl groups is 10. The van der Waals surface area contributed by atoms with Gasteiger partial charge >= 0.3 is 0 Å². The van der Waals surface area contributed by atoms with Gasteiger partial charge in [-0.1, -0.05) is 0 Å². The maximum atomic E-state index is 10.0. The molecule has 0 radical (unpaired) electrons. The number of hydrogen-bond donors (Lipinski definition) is 10. The molecule has 0 heterocycles. The topological polar surface area (TPSA) is 212 Å². The van der Waals surface area contributed by atoms with Gasteiger partial charge in [0.15, 0.2) is 11.5 Å². The van der Waals surface area contributed by atoms with Gasteiger partial charge < -0.3 is 55.8 Å². The van der Waals surface area contributed by atoms with Crippen LogP contribution in [0.25, 0.3) is 0 Å².